The molecule has 20 heavy (non-hydrogen) atoms. The highest BCUT2D eigenvalue weighted by molar-refractivity contribution is 5.75. The number of benzene rings is 2. The summed E-state index contributed by atoms with van der Waals surface area (Å²) in [4.78, 5) is 11.0. The minimum absolute atomic E-state index is 0.118. The second kappa shape index (κ2) is 6.87. The number of primary amides is 1. The number of hydrogen-bond donors (Lipinski definition) is 2. The highest BCUT2D eigenvalue weighted by atomic mass is 16.1. The fraction of sp³-hybridized carbons (Fsp3) is 0.235. The maximum Gasteiger partial charge on any atom is 0.231 e. The molecule has 0 radical (unpaired) electrons. The summed E-state index contributed by atoms with van der Waals surface area (Å²) < 4.78 is 0. The zero-order valence-corrected chi connectivity index (χ0v) is 11.6. The van der Waals surface area contributed by atoms with E-state index in [2.05, 4.69) is 36.5 Å². The highest BCUT2D eigenvalue weighted by Crippen LogP contribution is 2.27. The molecule has 2 aromatic rings. The van der Waals surface area contributed by atoms with Gasteiger partial charge in [0.25, 0.3) is 0 Å². The number of nitrogens with two attached hydrogens (primary N) is 1. The molecular weight excluding hydrogens is 248 g/mol. The molecule has 0 aliphatic carbocycles. The van der Waals surface area contributed by atoms with Crippen LogP contribution in [0.25, 0.3) is 0 Å². The standard InChI is InChI=1S/C17H20N2O/c1-13(19-12-16(18)20)17(14-8-4-2-5-9-14)15-10-6-3-7-11-15/h2-11,13,17,19H,12H2,1H3,(H2,18,20). The first-order valence-electron chi connectivity index (χ1n) is 6.80. The van der Waals surface area contributed by atoms with Gasteiger partial charge in [0.15, 0.2) is 0 Å². The number of hydrogen-bond acceptors (Lipinski definition) is 2. The van der Waals surface area contributed by atoms with Gasteiger partial charge in [0.1, 0.15) is 0 Å². The van der Waals surface area contributed by atoms with Gasteiger partial charge in [0.05, 0.1) is 6.54 Å². The molecule has 0 fully saturated rings. The molecule has 0 saturated carbocycles. The van der Waals surface area contributed by atoms with E-state index in [0.717, 1.165) is 0 Å². The minimum atomic E-state index is -0.336. The lowest BCUT2D eigenvalue weighted by Gasteiger charge is -2.25. The summed E-state index contributed by atoms with van der Waals surface area (Å²) in [5, 5.41) is 3.20. The van der Waals surface area contributed by atoms with Crippen LogP contribution < -0.4 is 11.1 Å². The predicted molar refractivity (Wildman–Crippen MR) is 81.4 cm³/mol. The van der Waals surface area contributed by atoms with Crippen LogP contribution in [-0.2, 0) is 4.79 Å². The van der Waals surface area contributed by atoms with E-state index in [0.29, 0.717) is 0 Å². The molecule has 2 rings (SSSR count). The highest BCUT2D eigenvalue weighted by Gasteiger charge is 2.21. The second-order valence-electron chi connectivity index (χ2n) is 4.93. The van der Waals surface area contributed by atoms with Gasteiger partial charge in [-0.2, -0.15) is 0 Å². The number of amides is 1. The Morgan fingerprint density at radius 2 is 1.45 bits per heavy atom. The first-order chi connectivity index (χ1) is 9.68. The van der Waals surface area contributed by atoms with Crippen LogP contribution in [0.5, 0.6) is 0 Å². The molecule has 2 aromatic carbocycles. The van der Waals surface area contributed by atoms with Gasteiger partial charge in [-0.3, -0.25) is 4.79 Å². The fourth-order valence-corrected chi connectivity index (χ4v) is 2.47. The molecule has 0 bridgehead atoms. The van der Waals surface area contributed by atoms with E-state index < -0.39 is 0 Å². The SMILES string of the molecule is CC(NCC(N)=O)C(c1ccccc1)c1ccccc1. The fourth-order valence-electron chi connectivity index (χ4n) is 2.47. The van der Waals surface area contributed by atoms with Crippen LogP contribution in [0.3, 0.4) is 0 Å². The third-order valence-corrected chi connectivity index (χ3v) is 3.42. The summed E-state index contributed by atoms with van der Waals surface area (Å²) >= 11 is 0. The van der Waals surface area contributed by atoms with Gasteiger partial charge < -0.3 is 11.1 Å². The van der Waals surface area contributed by atoms with E-state index in [-0.39, 0.29) is 24.4 Å². The molecule has 3 N–H and O–H groups in total. The van der Waals surface area contributed by atoms with E-state index >= 15 is 0 Å². The Kier molecular flexibility index (Phi) is 4.91. The lowest BCUT2D eigenvalue weighted by Crippen LogP contribution is -2.38. The van der Waals surface area contributed by atoms with Crippen molar-refractivity contribution in [2.24, 2.45) is 5.73 Å². The largest absolute Gasteiger partial charge is 0.369 e. The van der Waals surface area contributed by atoms with E-state index in [1.807, 2.05) is 36.4 Å². The number of rotatable bonds is 6. The first-order valence-corrected chi connectivity index (χ1v) is 6.80. The van der Waals surface area contributed by atoms with Gasteiger partial charge in [0, 0.05) is 12.0 Å². The van der Waals surface area contributed by atoms with Crippen molar-refractivity contribution >= 4 is 5.91 Å². The van der Waals surface area contributed by atoms with Crippen LogP contribution >= 0.6 is 0 Å². The molecule has 0 heterocycles. The van der Waals surface area contributed by atoms with Gasteiger partial charge in [-0.1, -0.05) is 60.7 Å². The maximum absolute atomic E-state index is 11.0. The van der Waals surface area contributed by atoms with Gasteiger partial charge in [-0.05, 0) is 18.1 Å². The summed E-state index contributed by atoms with van der Waals surface area (Å²) in [6, 6.07) is 20.7. The molecule has 3 heteroatoms. The molecule has 0 aromatic heterocycles. The maximum atomic E-state index is 11.0. The monoisotopic (exact) mass is 268 g/mol. The molecule has 0 aliphatic rings. The van der Waals surface area contributed by atoms with Crippen LogP contribution in [0.15, 0.2) is 60.7 Å². The zero-order chi connectivity index (χ0) is 14.4. The quantitative estimate of drug-likeness (QED) is 0.844. The van der Waals surface area contributed by atoms with Crippen molar-refractivity contribution < 1.29 is 4.79 Å². The summed E-state index contributed by atoms with van der Waals surface area (Å²) in [7, 11) is 0. The molecule has 0 saturated heterocycles. The van der Waals surface area contributed by atoms with Crippen LogP contribution in [0, 0.1) is 0 Å². The Morgan fingerprint density at radius 3 is 1.85 bits per heavy atom. The molecule has 1 unspecified atom stereocenters. The Labute approximate surface area is 119 Å². The summed E-state index contributed by atoms with van der Waals surface area (Å²) in [5.41, 5.74) is 7.67. The Hall–Kier alpha value is -2.13. The molecule has 1 amide bonds. The van der Waals surface area contributed by atoms with E-state index in [4.69, 9.17) is 5.73 Å². The average molecular weight is 268 g/mol. The second-order valence-corrected chi connectivity index (χ2v) is 4.93. The average Bonchev–Trinajstić information content (AvgIpc) is 2.48. The third kappa shape index (κ3) is 3.68. The normalized spacial score (nSPS) is 12.3. The Balaban J connectivity index is 2.27. The summed E-state index contributed by atoms with van der Waals surface area (Å²) in [6.45, 7) is 2.27. The molecule has 0 aliphatic heterocycles. The van der Waals surface area contributed by atoms with Gasteiger partial charge in [-0.25, -0.2) is 0 Å². The van der Waals surface area contributed by atoms with E-state index in [1.54, 1.807) is 0 Å². The molecule has 104 valence electrons. The smallest absolute Gasteiger partial charge is 0.231 e. The van der Waals surface area contributed by atoms with Crippen molar-refractivity contribution in [1.82, 2.24) is 5.32 Å². The van der Waals surface area contributed by atoms with Crippen LogP contribution in [0.1, 0.15) is 24.0 Å². The summed E-state index contributed by atoms with van der Waals surface area (Å²) in [5.74, 6) is -0.145. The van der Waals surface area contributed by atoms with Crippen molar-refractivity contribution in [3.8, 4) is 0 Å². The minimum Gasteiger partial charge on any atom is -0.369 e. The van der Waals surface area contributed by atoms with Crippen molar-refractivity contribution in [1.29, 1.82) is 0 Å². The lowest BCUT2D eigenvalue weighted by molar-refractivity contribution is -0.117. The van der Waals surface area contributed by atoms with E-state index in [1.165, 1.54) is 11.1 Å². The molecule has 0 spiro atoms. The van der Waals surface area contributed by atoms with Gasteiger partial charge in [-0.15, -0.1) is 0 Å². The van der Waals surface area contributed by atoms with Crippen LogP contribution in [0.4, 0.5) is 0 Å². The zero-order valence-electron chi connectivity index (χ0n) is 11.6. The number of carbonyl (C=O) groups excluding carboxylic acids is 1. The molecule has 1 atom stereocenters. The molecule has 3 nitrogen and oxygen atoms in total. The van der Waals surface area contributed by atoms with Crippen molar-refractivity contribution in [3.63, 3.8) is 0 Å². The lowest BCUT2D eigenvalue weighted by atomic mass is 9.86. The first kappa shape index (κ1) is 14.3. The third-order valence-electron chi connectivity index (χ3n) is 3.42. The Bertz CT molecular complexity index is 500. The summed E-state index contributed by atoms with van der Waals surface area (Å²) in [6.07, 6.45) is 0. The predicted octanol–water partition coefficient (Wildman–Crippen LogP) is 2.28. The topological polar surface area (TPSA) is 55.1 Å². The Morgan fingerprint density at radius 1 is 1.00 bits per heavy atom. The van der Waals surface area contributed by atoms with Crippen molar-refractivity contribution in [3.05, 3.63) is 71.8 Å². The van der Waals surface area contributed by atoms with Crippen LogP contribution in [-0.4, -0.2) is 18.5 Å². The number of nitrogens with one attached hydrogen (secondary N) is 1. The van der Waals surface area contributed by atoms with Crippen molar-refractivity contribution in [2.45, 2.75) is 18.9 Å². The van der Waals surface area contributed by atoms with E-state index in [9.17, 15) is 4.79 Å². The van der Waals surface area contributed by atoms with Crippen molar-refractivity contribution in [2.75, 3.05) is 6.54 Å². The molecular formula is C17H20N2O. The van der Waals surface area contributed by atoms with Gasteiger partial charge in [0.2, 0.25) is 5.91 Å². The number of carbonyl (C=O) groups is 1. The van der Waals surface area contributed by atoms with Gasteiger partial charge >= 0.3 is 0 Å². The van der Waals surface area contributed by atoms with Crippen LogP contribution in [0.2, 0.25) is 0 Å².